The summed E-state index contributed by atoms with van der Waals surface area (Å²) in [5, 5.41) is 6.54. The van der Waals surface area contributed by atoms with Crippen LogP contribution in [0.5, 0.6) is 5.75 Å². The van der Waals surface area contributed by atoms with E-state index >= 15 is 0 Å². The summed E-state index contributed by atoms with van der Waals surface area (Å²) < 4.78 is 5.61. The molecular formula is C16H18N2OS. The van der Waals surface area contributed by atoms with Crippen LogP contribution in [-0.2, 0) is 0 Å². The van der Waals surface area contributed by atoms with E-state index in [1.807, 2.05) is 12.1 Å². The molecule has 3 rings (SSSR count). The lowest BCUT2D eigenvalue weighted by atomic mass is 10.0. The summed E-state index contributed by atoms with van der Waals surface area (Å²) in [5.41, 5.74) is 5.63. The third-order valence-electron chi connectivity index (χ3n) is 3.31. The third-order valence-corrected chi connectivity index (χ3v) is 4.23. The Morgan fingerprint density at radius 2 is 2.15 bits per heavy atom. The molecule has 1 N–H and O–H groups in total. The van der Waals surface area contributed by atoms with Crippen LogP contribution in [-0.4, -0.2) is 12.3 Å². The third kappa shape index (κ3) is 2.85. The molecule has 0 saturated heterocycles. The zero-order valence-corrected chi connectivity index (χ0v) is 12.3. The number of nitrogens with one attached hydrogen (secondary N) is 1. The molecule has 0 radical (unpaired) electrons. The first-order valence-corrected chi connectivity index (χ1v) is 7.83. The molecule has 0 bridgehead atoms. The van der Waals surface area contributed by atoms with Crippen molar-refractivity contribution in [3.8, 4) is 5.75 Å². The predicted octanol–water partition coefficient (Wildman–Crippen LogP) is 3.98. The highest BCUT2D eigenvalue weighted by Crippen LogP contribution is 2.27. The molecule has 0 amide bonds. The van der Waals surface area contributed by atoms with E-state index in [0.717, 1.165) is 30.9 Å². The Morgan fingerprint density at radius 3 is 2.85 bits per heavy atom. The van der Waals surface area contributed by atoms with Crippen LogP contribution in [0.25, 0.3) is 0 Å². The van der Waals surface area contributed by atoms with E-state index in [0.29, 0.717) is 0 Å². The molecule has 0 fully saturated rings. The van der Waals surface area contributed by atoms with Crippen molar-refractivity contribution < 1.29 is 4.74 Å². The van der Waals surface area contributed by atoms with Gasteiger partial charge in [-0.3, -0.25) is 0 Å². The van der Waals surface area contributed by atoms with Crippen LogP contribution in [0.3, 0.4) is 0 Å². The summed E-state index contributed by atoms with van der Waals surface area (Å²) in [4.78, 5) is 1.25. The van der Waals surface area contributed by atoms with Crippen LogP contribution in [0.15, 0.2) is 46.9 Å². The van der Waals surface area contributed by atoms with Crippen molar-refractivity contribution in [1.82, 2.24) is 5.43 Å². The van der Waals surface area contributed by atoms with Gasteiger partial charge in [-0.15, -0.1) is 11.3 Å². The van der Waals surface area contributed by atoms with Gasteiger partial charge in [0.1, 0.15) is 5.75 Å². The van der Waals surface area contributed by atoms with Gasteiger partial charge in [-0.2, -0.15) is 5.10 Å². The highest BCUT2D eigenvalue weighted by atomic mass is 32.1. The molecule has 1 aliphatic heterocycles. The van der Waals surface area contributed by atoms with Crippen molar-refractivity contribution in [3.63, 3.8) is 0 Å². The molecule has 3 nitrogen and oxygen atoms in total. The van der Waals surface area contributed by atoms with Gasteiger partial charge >= 0.3 is 0 Å². The number of hydrogen-bond donors (Lipinski definition) is 1. The standard InChI is InChI=1S/C16H18N2OS/c1-2-9-19-13-7-5-12(6-8-13)14-11-15(18-17-14)16-4-3-10-20-16/h3-8,10,14,17H,2,9,11H2,1H3. The molecular weight excluding hydrogens is 268 g/mol. The first-order chi connectivity index (χ1) is 9.86. The Bertz CT molecular complexity index is 575. The molecule has 2 heterocycles. The average Bonchev–Trinajstić information content (AvgIpc) is 3.16. The van der Waals surface area contributed by atoms with E-state index in [-0.39, 0.29) is 6.04 Å². The number of thiophene rings is 1. The van der Waals surface area contributed by atoms with Crippen molar-refractivity contribution in [1.29, 1.82) is 0 Å². The maximum absolute atomic E-state index is 5.61. The van der Waals surface area contributed by atoms with E-state index in [1.54, 1.807) is 11.3 Å². The lowest BCUT2D eigenvalue weighted by Crippen LogP contribution is -2.09. The molecule has 0 aliphatic carbocycles. The second-order valence-corrected chi connectivity index (χ2v) is 5.79. The number of nitrogens with zero attached hydrogens (tertiary/aromatic N) is 1. The quantitative estimate of drug-likeness (QED) is 0.902. The predicted molar refractivity (Wildman–Crippen MR) is 83.6 cm³/mol. The van der Waals surface area contributed by atoms with Crippen LogP contribution >= 0.6 is 11.3 Å². The molecule has 1 aromatic heterocycles. The van der Waals surface area contributed by atoms with Crippen molar-refractivity contribution in [2.45, 2.75) is 25.8 Å². The molecule has 1 atom stereocenters. The molecule has 1 aliphatic rings. The SMILES string of the molecule is CCCOc1ccc(C2CC(c3cccs3)=NN2)cc1. The summed E-state index contributed by atoms with van der Waals surface area (Å²) >= 11 is 1.74. The molecule has 20 heavy (non-hydrogen) atoms. The van der Waals surface area contributed by atoms with E-state index < -0.39 is 0 Å². The number of benzene rings is 1. The van der Waals surface area contributed by atoms with Crippen molar-refractivity contribution in [2.24, 2.45) is 5.10 Å². The summed E-state index contributed by atoms with van der Waals surface area (Å²) in [6.07, 6.45) is 1.97. The normalized spacial score (nSPS) is 17.6. The Kier molecular flexibility index (Phi) is 4.02. The van der Waals surface area contributed by atoms with E-state index in [1.165, 1.54) is 10.4 Å². The summed E-state index contributed by atoms with van der Waals surface area (Å²) in [6.45, 7) is 2.88. The van der Waals surface area contributed by atoms with E-state index in [9.17, 15) is 0 Å². The van der Waals surface area contributed by atoms with Gasteiger partial charge in [0.25, 0.3) is 0 Å². The number of rotatable bonds is 5. The molecule has 4 heteroatoms. The second-order valence-electron chi connectivity index (χ2n) is 4.84. The summed E-state index contributed by atoms with van der Waals surface area (Å²) in [7, 11) is 0. The molecule has 0 spiro atoms. The van der Waals surface area contributed by atoms with Gasteiger partial charge in [0, 0.05) is 6.42 Å². The van der Waals surface area contributed by atoms with Crippen molar-refractivity contribution >= 4 is 17.0 Å². The van der Waals surface area contributed by atoms with Gasteiger partial charge < -0.3 is 10.2 Å². The second kappa shape index (κ2) is 6.09. The largest absolute Gasteiger partial charge is 0.494 e. The maximum atomic E-state index is 5.61. The average molecular weight is 286 g/mol. The lowest BCUT2D eigenvalue weighted by Gasteiger charge is -2.11. The van der Waals surface area contributed by atoms with E-state index in [4.69, 9.17) is 4.74 Å². The van der Waals surface area contributed by atoms with Crippen LogP contribution in [0.4, 0.5) is 0 Å². The van der Waals surface area contributed by atoms with Gasteiger partial charge in [0.05, 0.1) is 23.2 Å². The Hall–Kier alpha value is -1.81. The van der Waals surface area contributed by atoms with Gasteiger partial charge in [-0.05, 0) is 35.6 Å². The molecule has 104 valence electrons. The lowest BCUT2D eigenvalue weighted by molar-refractivity contribution is 0.317. The topological polar surface area (TPSA) is 33.6 Å². The van der Waals surface area contributed by atoms with Crippen LogP contribution in [0, 0.1) is 0 Å². The summed E-state index contributed by atoms with van der Waals surface area (Å²) in [6, 6.07) is 12.8. The molecule has 0 saturated carbocycles. The first kappa shape index (κ1) is 13.2. The van der Waals surface area contributed by atoms with Gasteiger partial charge in [0.15, 0.2) is 0 Å². The monoisotopic (exact) mass is 286 g/mol. The Morgan fingerprint density at radius 1 is 1.30 bits per heavy atom. The minimum absolute atomic E-state index is 0.271. The van der Waals surface area contributed by atoms with Gasteiger partial charge in [-0.25, -0.2) is 0 Å². The zero-order chi connectivity index (χ0) is 13.8. The van der Waals surface area contributed by atoms with E-state index in [2.05, 4.69) is 47.1 Å². The van der Waals surface area contributed by atoms with Crippen LogP contribution < -0.4 is 10.2 Å². The molecule has 1 aromatic carbocycles. The van der Waals surface area contributed by atoms with Gasteiger partial charge in [0.2, 0.25) is 0 Å². The smallest absolute Gasteiger partial charge is 0.119 e. The highest BCUT2D eigenvalue weighted by Gasteiger charge is 2.21. The number of hydrazone groups is 1. The van der Waals surface area contributed by atoms with Gasteiger partial charge in [-0.1, -0.05) is 25.1 Å². The van der Waals surface area contributed by atoms with Crippen LogP contribution in [0.2, 0.25) is 0 Å². The fraction of sp³-hybridized carbons (Fsp3) is 0.312. The Labute approximate surface area is 123 Å². The fourth-order valence-corrected chi connectivity index (χ4v) is 2.97. The zero-order valence-electron chi connectivity index (χ0n) is 11.5. The highest BCUT2D eigenvalue weighted by molar-refractivity contribution is 7.12. The minimum Gasteiger partial charge on any atom is -0.494 e. The fourth-order valence-electron chi connectivity index (χ4n) is 2.25. The van der Waals surface area contributed by atoms with Crippen molar-refractivity contribution in [2.75, 3.05) is 6.61 Å². The molecule has 2 aromatic rings. The summed E-state index contributed by atoms with van der Waals surface area (Å²) in [5.74, 6) is 0.938. The molecule has 1 unspecified atom stereocenters. The minimum atomic E-state index is 0.271. The van der Waals surface area contributed by atoms with Crippen LogP contribution in [0.1, 0.15) is 36.2 Å². The number of hydrogen-bond acceptors (Lipinski definition) is 4. The number of ether oxygens (including phenoxy) is 1. The van der Waals surface area contributed by atoms with Crippen molar-refractivity contribution in [3.05, 3.63) is 52.2 Å². The maximum Gasteiger partial charge on any atom is 0.119 e. The Balaban J connectivity index is 1.64. The first-order valence-electron chi connectivity index (χ1n) is 6.95.